The van der Waals surface area contributed by atoms with Crippen molar-refractivity contribution < 1.29 is 4.79 Å². The highest BCUT2D eigenvalue weighted by Gasteiger charge is 2.31. The minimum absolute atomic E-state index is 0.0893. The van der Waals surface area contributed by atoms with Crippen molar-refractivity contribution in [3.05, 3.63) is 17.7 Å². The number of fused-ring (bicyclic) bond motifs is 1. The van der Waals surface area contributed by atoms with Crippen LogP contribution in [0.15, 0.2) is 6.33 Å². The zero-order valence-electron chi connectivity index (χ0n) is 12.2. The number of hydrogen-bond donors (Lipinski definition) is 2. The Hall–Kier alpha value is -1.36. The van der Waals surface area contributed by atoms with E-state index in [9.17, 15) is 4.79 Å². The Labute approximate surface area is 120 Å². The summed E-state index contributed by atoms with van der Waals surface area (Å²) in [5.74, 6) is 1.08. The minimum Gasteiger partial charge on any atom is -0.347 e. The van der Waals surface area contributed by atoms with Crippen LogP contribution in [0.4, 0.5) is 0 Å². The third-order valence-corrected chi connectivity index (χ3v) is 4.65. The van der Waals surface area contributed by atoms with Crippen molar-refractivity contribution in [1.82, 2.24) is 20.2 Å². The van der Waals surface area contributed by atoms with Crippen molar-refractivity contribution in [2.45, 2.75) is 51.6 Å². The lowest BCUT2D eigenvalue weighted by Gasteiger charge is -2.35. The highest BCUT2D eigenvalue weighted by Crippen LogP contribution is 2.23. The minimum atomic E-state index is -0.0893. The second-order valence-electron chi connectivity index (χ2n) is 6.02. The van der Waals surface area contributed by atoms with Gasteiger partial charge in [0.1, 0.15) is 0 Å². The van der Waals surface area contributed by atoms with E-state index in [1.165, 1.54) is 25.7 Å². The third-order valence-electron chi connectivity index (χ3n) is 4.65. The van der Waals surface area contributed by atoms with Crippen molar-refractivity contribution in [3.8, 4) is 0 Å². The van der Waals surface area contributed by atoms with Crippen molar-refractivity contribution in [1.29, 1.82) is 0 Å². The average molecular weight is 276 g/mol. The van der Waals surface area contributed by atoms with Gasteiger partial charge in [-0.25, -0.2) is 4.98 Å². The molecule has 5 heteroatoms. The summed E-state index contributed by atoms with van der Waals surface area (Å²) in [4.78, 5) is 22.0. The highest BCUT2D eigenvalue weighted by atomic mass is 16.2. The molecule has 2 aliphatic rings. The topological polar surface area (TPSA) is 61.0 Å². The Morgan fingerprint density at radius 1 is 1.45 bits per heavy atom. The summed E-state index contributed by atoms with van der Waals surface area (Å²) in [6.45, 7) is 4.81. The van der Waals surface area contributed by atoms with E-state index in [1.54, 1.807) is 6.33 Å². The van der Waals surface area contributed by atoms with Crippen molar-refractivity contribution in [2.75, 3.05) is 13.1 Å². The number of rotatable bonds is 3. The first kappa shape index (κ1) is 13.6. The number of amides is 1. The van der Waals surface area contributed by atoms with E-state index >= 15 is 0 Å². The number of imidazole rings is 1. The van der Waals surface area contributed by atoms with Gasteiger partial charge in [0, 0.05) is 26.1 Å². The maximum atomic E-state index is 12.6. The molecule has 1 atom stereocenters. The molecule has 2 aliphatic heterocycles. The Bertz CT molecular complexity index is 462. The van der Waals surface area contributed by atoms with Crippen LogP contribution < -0.4 is 5.32 Å². The van der Waals surface area contributed by atoms with Gasteiger partial charge in [0.25, 0.3) is 0 Å². The van der Waals surface area contributed by atoms with Crippen LogP contribution in [0.5, 0.6) is 0 Å². The first-order chi connectivity index (χ1) is 9.78. The van der Waals surface area contributed by atoms with Crippen LogP contribution in [-0.2, 0) is 17.8 Å². The second-order valence-corrected chi connectivity index (χ2v) is 6.02. The van der Waals surface area contributed by atoms with Gasteiger partial charge in [0.15, 0.2) is 0 Å². The average Bonchev–Trinajstić information content (AvgIpc) is 2.95. The van der Waals surface area contributed by atoms with Gasteiger partial charge in [0.05, 0.1) is 23.8 Å². The van der Waals surface area contributed by atoms with Crippen molar-refractivity contribution >= 4 is 5.91 Å². The summed E-state index contributed by atoms with van der Waals surface area (Å²) in [7, 11) is 0. The smallest absolute Gasteiger partial charge is 0.240 e. The molecular formula is C15H24N4O. The van der Waals surface area contributed by atoms with Crippen LogP contribution in [0.3, 0.4) is 0 Å². The van der Waals surface area contributed by atoms with Crippen LogP contribution in [0.2, 0.25) is 0 Å². The number of aromatic nitrogens is 2. The largest absolute Gasteiger partial charge is 0.347 e. The Balaban J connectivity index is 1.55. The molecule has 20 heavy (non-hydrogen) atoms. The molecule has 1 fully saturated rings. The molecule has 5 nitrogen and oxygen atoms in total. The number of hydrogen-bond acceptors (Lipinski definition) is 3. The lowest BCUT2D eigenvalue weighted by atomic mass is 9.92. The van der Waals surface area contributed by atoms with Crippen molar-refractivity contribution in [2.24, 2.45) is 5.92 Å². The molecule has 0 aromatic carbocycles. The van der Waals surface area contributed by atoms with E-state index in [0.717, 1.165) is 36.9 Å². The molecule has 1 amide bonds. The summed E-state index contributed by atoms with van der Waals surface area (Å²) < 4.78 is 0. The molecule has 110 valence electrons. The summed E-state index contributed by atoms with van der Waals surface area (Å²) in [6, 6.07) is -0.0893. The number of nitrogens with one attached hydrogen (secondary N) is 2. The lowest BCUT2D eigenvalue weighted by Crippen LogP contribution is -2.51. The summed E-state index contributed by atoms with van der Waals surface area (Å²) in [5, 5.41) is 3.33. The third kappa shape index (κ3) is 2.73. The Kier molecular flexibility index (Phi) is 4.05. The van der Waals surface area contributed by atoms with E-state index in [2.05, 4.69) is 22.2 Å². The number of carbonyl (C=O) groups is 1. The van der Waals surface area contributed by atoms with Gasteiger partial charge >= 0.3 is 0 Å². The monoisotopic (exact) mass is 276 g/mol. The molecule has 1 saturated heterocycles. The molecule has 2 N–H and O–H groups in total. The molecule has 1 aromatic rings. The van der Waals surface area contributed by atoms with Gasteiger partial charge in [-0.2, -0.15) is 0 Å². The predicted molar refractivity (Wildman–Crippen MR) is 77.1 cm³/mol. The van der Waals surface area contributed by atoms with Crippen LogP contribution in [0.25, 0.3) is 0 Å². The summed E-state index contributed by atoms with van der Waals surface area (Å²) >= 11 is 0. The van der Waals surface area contributed by atoms with Crippen molar-refractivity contribution in [3.63, 3.8) is 0 Å². The molecule has 0 saturated carbocycles. The Morgan fingerprint density at radius 2 is 2.25 bits per heavy atom. The fraction of sp³-hybridized carbons (Fsp3) is 0.733. The molecule has 0 spiro atoms. The molecule has 1 aromatic heterocycles. The first-order valence-electron chi connectivity index (χ1n) is 7.81. The molecule has 3 heterocycles. The Morgan fingerprint density at radius 3 is 3.00 bits per heavy atom. The first-order valence-corrected chi connectivity index (χ1v) is 7.81. The SMILES string of the molecule is CCCC1CCN(C(=O)C2Cc3nc[nH]c3CN2)CC1. The number of nitrogens with zero attached hydrogens (tertiary/aromatic N) is 2. The van der Waals surface area contributed by atoms with Crippen LogP contribution >= 0.6 is 0 Å². The van der Waals surface area contributed by atoms with Gasteiger partial charge < -0.3 is 9.88 Å². The molecule has 0 bridgehead atoms. The highest BCUT2D eigenvalue weighted by molar-refractivity contribution is 5.82. The zero-order chi connectivity index (χ0) is 13.9. The maximum Gasteiger partial charge on any atom is 0.240 e. The van der Waals surface area contributed by atoms with E-state index in [-0.39, 0.29) is 11.9 Å². The van der Waals surface area contributed by atoms with Gasteiger partial charge in [0.2, 0.25) is 5.91 Å². The number of piperidine rings is 1. The quantitative estimate of drug-likeness (QED) is 0.878. The summed E-state index contributed by atoms with van der Waals surface area (Å²) in [6.07, 6.45) is 7.33. The van der Waals surface area contributed by atoms with Gasteiger partial charge in [-0.1, -0.05) is 19.8 Å². The van der Waals surface area contributed by atoms with Gasteiger partial charge in [-0.05, 0) is 18.8 Å². The maximum absolute atomic E-state index is 12.6. The van der Waals surface area contributed by atoms with E-state index < -0.39 is 0 Å². The van der Waals surface area contributed by atoms with E-state index in [4.69, 9.17) is 0 Å². The standard InChI is InChI=1S/C15H24N4O/c1-2-3-11-4-6-19(7-5-11)15(20)13-8-12-14(9-16-13)18-10-17-12/h10-11,13,16H,2-9H2,1H3,(H,17,18). The molecule has 3 rings (SSSR count). The van der Waals surface area contributed by atoms with Crippen LogP contribution in [0, 0.1) is 5.92 Å². The molecule has 1 unspecified atom stereocenters. The molecular weight excluding hydrogens is 252 g/mol. The van der Waals surface area contributed by atoms with Gasteiger partial charge in [-0.3, -0.25) is 10.1 Å². The van der Waals surface area contributed by atoms with E-state index in [0.29, 0.717) is 6.42 Å². The van der Waals surface area contributed by atoms with Gasteiger partial charge in [-0.15, -0.1) is 0 Å². The number of aromatic amines is 1. The van der Waals surface area contributed by atoms with E-state index in [1.807, 2.05) is 4.90 Å². The number of H-pyrrole nitrogens is 1. The fourth-order valence-electron chi connectivity index (χ4n) is 3.41. The number of carbonyl (C=O) groups excluding carboxylic acids is 1. The predicted octanol–water partition coefficient (Wildman–Crippen LogP) is 1.46. The lowest BCUT2D eigenvalue weighted by molar-refractivity contribution is -0.135. The normalized spacial score (nSPS) is 23.6. The fourth-order valence-corrected chi connectivity index (χ4v) is 3.41. The second kappa shape index (κ2) is 5.95. The number of likely N-dealkylation sites (tertiary alicyclic amines) is 1. The molecule has 0 radical (unpaired) electrons. The zero-order valence-corrected chi connectivity index (χ0v) is 12.2. The van der Waals surface area contributed by atoms with Crippen LogP contribution in [0.1, 0.15) is 44.0 Å². The molecule has 0 aliphatic carbocycles. The summed E-state index contributed by atoms with van der Waals surface area (Å²) in [5.41, 5.74) is 2.17. The van der Waals surface area contributed by atoms with Crippen LogP contribution in [-0.4, -0.2) is 39.9 Å².